The number of hydrogen-bond acceptors (Lipinski definition) is 4. The highest BCUT2D eigenvalue weighted by molar-refractivity contribution is 6.29. The lowest BCUT2D eigenvalue weighted by atomic mass is 10.1. The summed E-state index contributed by atoms with van der Waals surface area (Å²) in [4.78, 5) is 6.50. The highest BCUT2D eigenvalue weighted by Gasteiger charge is 2.19. The van der Waals surface area contributed by atoms with Crippen LogP contribution in [-0.2, 0) is 0 Å². The lowest BCUT2D eigenvalue weighted by Gasteiger charge is -2.13. The SMILES string of the molecule is CN1CCC(CNc2nc(Cl)ccc2N)C1. The molecule has 1 unspecified atom stereocenters. The van der Waals surface area contributed by atoms with E-state index < -0.39 is 0 Å². The van der Waals surface area contributed by atoms with E-state index in [1.807, 2.05) is 0 Å². The summed E-state index contributed by atoms with van der Waals surface area (Å²) in [5, 5.41) is 3.74. The maximum absolute atomic E-state index is 5.82. The molecular formula is C11H17ClN4. The molecule has 0 spiro atoms. The van der Waals surface area contributed by atoms with Crippen LogP contribution >= 0.6 is 11.6 Å². The van der Waals surface area contributed by atoms with Crippen LogP contribution < -0.4 is 11.1 Å². The third-order valence-electron chi connectivity index (χ3n) is 2.94. The van der Waals surface area contributed by atoms with Gasteiger partial charge in [-0.05, 0) is 38.1 Å². The van der Waals surface area contributed by atoms with Crippen molar-refractivity contribution < 1.29 is 0 Å². The van der Waals surface area contributed by atoms with Gasteiger partial charge in [0.2, 0.25) is 0 Å². The summed E-state index contributed by atoms with van der Waals surface area (Å²) in [6.07, 6.45) is 1.23. The van der Waals surface area contributed by atoms with Crippen LogP contribution in [0, 0.1) is 5.92 Å². The lowest BCUT2D eigenvalue weighted by Crippen LogP contribution is -2.19. The van der Waals surface area contributed by atoms with E-state index in [9.17, 15) is 0 Å². The summed E-state index contributed by atoms with van der Waals surface area (Å²) in [5.74, 6) is 1.37. The third kappa shape index (κ3) is 2.77. The molecule has 0 aromatic carbocycles. The fraction of sp³-hybridized carbons (Fsp3) is 0.545. The summed E-state index contributed by atoms with van der Waals surface area (Å²) >= 11 is 5.82. The van der Waals surface area contributed by atoms with Gasteiger partial charge in [-0.15, -0.1) is 0 Å². The molecule has 0 saturated carbocycles. The molecule has 1 aliphatic rings. The van der Waals surface area contributed by atoms with Crippen molar-refractivity contribution in [3.8, 4) is 0 Å². The standard InChI is InChI=1S/C11H17ClN4/c1-16-5-4-8(7-16)6-14-11-9(13)2-3-10(12)15-11/h2-3,8H,4-7,13H2,1H3,(H,14,15). The largest absolute Gasteiger partial charge is 0.396 e. The van der Waals surface area contributed by atoms with Gasteiger partial charge in [0.15, 0.2) is 5.82 Å². The van der Waals surface area contributed by atoms with Gasteiger partial charge in [-0.2, -0.15) is 0 Å². The zero-order chi connectivity index (χ0) is 11.5. The van der Waals surface area contributed by atoms with Crippen molar-refractivity contribution >= 4 is 23.1 Å². The number of anilines is 2. The zero-order valence-corrected chi connectivity index (χ0v) is 10.2. The molecule has 3 N–H and O–H groups in total. The first-order valence-electron chi connectivity index (χ1n) is 5.49. The molecule has 1 aromatic heterocycles. The number of rotatable bonds is 3. The smallest absolute Gasteiger partial charge is 0.150 e. The van der Waals surface area contributed by atoms with Crippen LogP contribution in [0.25, 0.3) is 0 Å². The van der Waals surface area contributed by atoms with Crippen LogP contribution in [0.5, 0.6) is 0 Å². The number of nitrogens with one attached hydrogen (secondary N) is 1. The Morgan fingerprint density at radius 2 is 2.44 bits per heavy atom. The molecule has 1 atom stereocenters. The fourth-order valence-corrected chi connectivity index (χ4v) is 2.17. The average Bonchev–Trinajstić information content (AvgIpc) is 2.66. The van der Waals surface area contributed by atoms with Crippen molar-refractivity contribution in [2.75, 3.05) is 37.7 Å². The Balaban J connectivity index is 1.91. The molecule has 0 bridgehead atoms. The van der Waals surface area contributed by atoms with Gasteiger partial charge in [0.25, 0.3) is 0 Å². The number of halogens is 1. The summed E-state index contributed by atoms with van der Waals surface area (Å²) in [6.45, 7) is 3.21. The van der Waals surface area contributed by atoms with Gasteiger partial charge in [-0.1, -0.05) is 11.6 Å². The molecule has 2 rings (SSSR count). The van der Waals surface area contributed by atoms with E-state index in [4.69, 9.17) is 17.3 Å². The second-order valence-corrected chi connectivity index (χ2v) is 4.76. The van der Waals surface area contributed by atoms with E-state index in [0.717, 1.165) is 13.1 Å². The van der Waals surface area contributed by atoms with E-state index in [2.05, 4.69) is 22.2 Å². The highest BCUT2D eigenvalue weighted by Crippen LogP contribution is 2.20. The molecule has 16 heavy (non-hydrogen) atoms. The second-order valence-electron chi connectivity index (χ2n) is 4.37. The highest BCUT2D eigenvalue weighted by atomic mass is 35.5. The number of likely N-dealkylation sites (tertiary alicyclic amines) is 1. The normalized spacial score (nSPS) is 21.2. The number of aromatic nitrogens is 1. The Bertz CT molecular complexity index is 369. The molecule has 4 nitrogen and oxygen atoms in total. The van der Waals surface area contributed by atoms with Crippen LogP contribution in [-0.4, -0.2) is 36.6 Å². The van der Waals surface area contributed by atoms with Gasteiger partial charge in [0.05, 0.1) is 5.69 Å². The van der Waals surface area contributed by atoms with Crippen LogP contribution in [0.1, 0.15) is 6.42 Å². The van der Waals surface area contributed by atoms with Crippen molar-refractivity contribution in [1.82, 2.24) is 9.88 Å². The summed E-state index contributed by atoms with van der Waals surface area (Å²) in [6, 6.07) is 3.48. The first-order chi connectivity index (χ1) is 7.65. The molecule has 0 amide bonds. The summed E-state index contributed by atoms with van der Waals surface area (Å²) in [7, 11) is 2.14. The topological polar surface area (TPSA) is 54.2 Å². The van der Waals surface area contributed by atoms with E-state index in [-0.39, 0.29) is 0 Å². The van der Waals surface area contributed by atoms with Gasteiger partial charge in [-0.3, -0.25) is 0 Å². The average molecular weight is 241 g/mol. The van der Waals surface area contributed by atoms with Crippen molar-refractivity contribution in [3.05, 3.63) is 17.3 Å². The summed E-state index contributed by atoms with van der Waals surface area (Å²) in [5.41, 5.74) is 6.46. The lowest BCUT2D eigenvalue weighted by molar-refractivity contribution is 0.399. The molecule has 1 saturated heterocycles. The minimum atomic E-state index is 0.472. The number of nitrogens with two attached hydrogens (primary N) is 1. The number of nitrogen functional groups attached to an aromatic ring is 1. The summed E-state index contributed by atoms with van der Waals surface area (Å²) < 4.78 is 0. The van der Waals surface area contributed by atoms with Crippen LogP contribution in [0.2, 0.25) is 5.15 Å². The van der Waals surface area contributed by atoms with Crippen LogP contribution in [0.3, 0.4) is 0 Å². The van der Waals surface area contributed by atoms with Gasteiger partial charge in [0.1, 0.15) is 5.15 Å². The maximum atomic E-state index is 5.82. The van der Waals surface area contributed by atoms with Gasteiger partial charge < -0.3 is 16.0 Å². The Morgan fingerprint density at radius 3 is 3.12 bits per heavy atom. The predicted molar refractivity (Wildman–Crippen MR) is 67.8 cm³/mol. The number of hydrogen-bond donors (Lipinski definition) is 2. The Kier molecular flexibility index (Phi) is 3.51. The molecular weight excluding hydrogens is 224 g/mol. The van der Waals surface area contributed by atoms with Gasteiger partial charge >= 0.3 is 0 Å². The maximum Gasteiger partial charge on any atom is 0.150 e. The predicted octanol–water partition coefficient (Wildman–Crippen LogP) is 1.68. The minimum absolute atomic E-state index is 0.472. The Labute approximate surface area is 101 Å². The monoisotopic (exact) mass is 240 g/mol. The van der Waals surface area contributed by atoms with Crippen LogP contribution in [0.15, 0.2) is 12.1 Å². The van der Waals surface area contributed by atoms with Crippen molar-refractivity contribution in [2.45, 2.75) is 6.42 Å². The van der Waals surface area contributed by atoms with E-state index >= 15 is 0 Å². The third-order valence-corrected chi connectivity index (χ3v) is 3.15. The molecule has 2 heterocycles. The molecule has 1 aliphatic heterocycles. The number of pyridine rings is 1. The number of nitrogens with zero attached hydrogens (tertiary/aromatic N) is 2. The Hall–Kier alpha value is -1.00. The van der Waals surface area contributed by atoms with Crippen molar-refractivity contribution in [1.29, 1.82) is 0 Å². The fourth-order valence-electron chi connectivity index (χ4n) is 2.02. The quantitative estimate of drug-likeness (QED) is 0.790. The molecule has 5 heteroatoms. The first kappa shape index (κ1) is 11.5. The van der Waals surface area contributed by atoms with Crippen molar-refractivity contribution in [3.63, 3.8) is 0 Å². The van der Waals surface area contributed by atoms with Gasteiger partial charge in [-0.25, -0.2) is 4.98 Å². The second kappa shape index (κ2) is 4.89. The molecule has 1 fully saturated rings. The molecule has 0 radical (unpaired) electrons. The van der Waals surface area contributed by atoms with E-state index in [1.165, 1.54) is 13.0 Å². The van der Waals surface area contributed by atoms with E-state index in [1.54, 1.807) is 12.1 Å². The zero-order valence-electron chi connectivity index (χ0n) is 9.41. The molecule has 1 aromatic rings. The van der Waals surface area contributed by atoms with Crippen molar-refractivity contribution in [2.24, 2.45) is 5.92 Å². The van der Waals surface area contributed by atoms with Crippen LogP contribution in [0.4, 0.5) is 11.5 Å². The van der Waals surface area contributed by atoms with E-state index in [0.29, 0.717) is 22.6 Å². The first-order valence-corrected chi connectivity index (χ1v) is 5.87. The minimum Gasteiger partial charge on any atom is -0.396 e. The molecule has 0 aliphatic carbocycles. The molecule has 88 valence electrons. The van der Waals surface area contributed by atoms with Gasteiger partial charge in [0, 0.05) is 13.1 Å². The Morgan fingerprint density at radius 1 is 1.62 bits per heavy atom.